The van der Waals surface area contributed by atoms with E-state index in [1.165, 1.54) is 77.7 Å². The summed E-state index contributed by atoms with van der Waals surface area (Å²) in [5.41, 5.74) is 0.714. The van der Waals surface area contributed by atoms with Crippen LogP contribution in [0.15, 0.2) is 0 Å². The van der Waals surface area contributed by atoms with Crippen molar-refractivity contribution in [2.45, 2.75) is 65.7 Å². The fraction of sp³-hybridized carbons (Fsp3) is 1.00. The molecule has 0 amide bonds. The predicted octanol–water partition coefficient (Wildman–Crippen LogP) is 4.50. The van der Waals surface area contributed by atoms with Crippen molar-refractivity contribution in [2.24, 2.45) is 29.1 Å². The van der Waals surface area contributed by atoms with Crippen LogP contribution in [0.25, 0.3) is 0 Å². The highest BCUT2D eigenvalue weighted by Crippen LogP contribution is 2.45. The van der Waals surface area contributed by atoms with Crippen LogP contribution in [0.3, 0.4) is 0 Å². The summed E-state index contributed by atoms with van der Waals surface area (Å²) in [4.78, 5) is 5.31. The Morgan fingerprint density at radius 3 is 2.30 bits per heavy atom. The maximum Gasteiger partial charge on any atom is 0.00516 e. The zero-order chi connectivity index (χ0) is 16.4. The molecule has 0 bridgehead atoms. The van der Waals surface area contributed by atoms with Crippen molar-refractivity contribution in [1.29, 1.82) is 0 Å². The van der Waals surface area contributed by atoms with Gasteiger partial charge in [-0.25, -0.2) is 0 Å². The van der Waals surface area contributed by atoms with Crippen molar-refractivity contribution in [3.63, 3.8) is 0 Å². The first kappa shape index (κ1) is 17.7. The average Bonchev–Trinajstić information content (AvgIpc) is 2.89. The standard InChI is InChI=1S/C21H40N2/c1-5-17(3)11-20-13-18(12-19(20)6-2)14-23-15-21(16-23)7-9-22(4)10-8-21/h17-20H,5-16H2,1-4H3. The summed E-state index contributed by atoms with van der Waals surface area (Å²) < 4.78 is 0. The first-order valence-electron chi connectivity index (χ1n) is 10.4. The highest BCUT2D eigenvalue weighted by molar-refractivity contribution is 4.99. The number of rotatable bonds is 6. The van der Waals surface area contributed by atoms with Gasteiger partial charge in [-0.3, -0.25) is 0 Å². The average molecular weight is 321 g/mol. The lowest BCUT2D eigenvalue weighted by Gasteiger charge is -2.54. The van der Waals surface area contributed by atoms with Gasteiger partial charge in [0.15, 0.2) is 0 Å². The largest absolute Gasteiger partial charge is 0.306 e. The molecule has 134 valence electrons. The second kappa shape index (κ2) is 7.44. The van der Waals surface area contributed by atoms with Crippen molar-refractivity contribution < 1.29 is 0 Å². The predicted molar refractivity (Wildman–Crippen MR) is 99.7 cm³/mol. The van der Waals surface area contributed by atoms with Crippen LogP contribution < -0.4 is 0 Å². The summed E-state index contributed by atoms with van der Waals surface area (Å²) in [5, 5.41) is 0. The van der Waals surface area contributed by atoms with Crippen LogP contribution in [0.4, 0.5) is 0 Å². The molecule has 0 aromatic rings. The van der Waals surface area contributed by atoms with Gasteiger partial charge >= 0.3 is 0 Å². The second-order valence-electron chi connectivity index (χ2n) is 9.49. The molecule has 2 nitrogen and oxygen atoms in total. The number of hydrogen-bond donors (Lipinski definition) is 0. The fourth-order valence-electron chi connectivity index (χ4n) is 5.76. The van der Waals surface area contributed by atoms with Crippen LogP contribution in [0.2, 0.25) is 0 Å². The highest BCUT2D eigenvalue weighted by Gasteiger charge is 2.45. The third kappa shape index (κ3) is 4.12. The number of hydrogen-bond acceptors (Lipinski definition) is 2. The lowest BCUT2D eigenvalue weighted by molar-refractivity contribution is -0.0493. The molecule has 1 saturated carbocycles. The summed E-state index contributed by atoms with van der Waals surface area (Å²) >= 11 is 0. The Morgan fingerprint density at radius 1 is 1.04 bits per heavy atom. The molecular formula is C21H40N2. The molecule has 0 radical (unpaired) electrons. The maximum atomic E-state index is 2.80. The third-order valence-electron chi connectivity index (χ3n) is 7.55. The molecule has 3 fully saturated rings. The van der Waals surface area contributed by atoms with Gasteiger partial charge in [0.25, 0.3) is 0 Å². The summed E-state index contributed by atoms with van der Waals surface area (Å²) in [6, 6.07) is 0. The lowest BCUT2D eigenvalue weighted by atomic mass is 9.71. The monoisotopic (exact) mass is 320 g/mol. The Kier molecular flexibility index (Phi) is 5.73. The van der Waals surface area contributed by atoms with Gasteiger partial charge in [-0.05, 0) is 81.3 Å². The molecule has 0 aromatic heterocycles. The van der Waals surface area contributed by atoms with Crippen molar-refractivity contribution in [2.75, 3.05) is 39.8 Å². The van der Waals surface area contributed by atoms with Gasteiger partial charge in [0.2, 0.25) is 0 Å². The van der Waals surface area contributed by atoms with Gasteiger partial charge < -0.3 is 9.80 Å². The van der Waals surface area contributed by atoms with E-state index in [0.29, 0.717) is 5.41 Å². The molecule has 2 heterocycles. The molecule has 4 unspecified atom stereocenters. The quantitative estimate of drug-likeness (QED) is 0.711. The fourth-order valence-corrected chi connectivity index (χ4v) is 5.76. The molecule has 1 aliphatic carbocycles. The topological polar surface area (TPSA) is 6.48 Å². The minimum atomic E-state index is 0.714. The summed E-state index contributed by atoms with van der Waals surface area (Å²) in [6.45, 7) is 14.1. The van der Waals surface area contributed by atoms with E-state index in [-0.39, 0.29) is 0 Å². The summed E-state index contributed by atoms with van der Waals surface area (Å²) in [5.74, 6) is 3.98. The Labute approximate surface area is 145 Å². The molecule has 1 spiro atoms. The van der Waals surface area contributed by atoms with E-state index in [9.17, 15) is 0 Å². The normalized spacial score (nSPS) is 36.3. The number of piperidine rings is 1. The van der Waals surface area contributed by atoms with E-state index in [1.807, 2.05) is 0 Å². The van der Waals surface area contributed by atoms with Gasteiger partial charge in [-0.2, -0.15) is 0 Å². The van der Waals surface area contributed by atoms with Crippen molar-refractivity contribution in [1.82, 2.24) is 9.80 Å². The molecule has 2 saturated heterocycles. The first-order valence-corrected chi connectivity index (χ1v) is 10.4. The lowest BCUT2D eigenvalue weighted by Crippen LogP contribution is -2.60. The molecule has 23 heavy (non-hydrogen) atoms. The van der Waals surface area contributed by atoms with Crippen molar-refractivity contribution in [3.05, 3.63) is 0 Å². The van der Waals surface area contributed by atoms with Gasteiger partial charge in [0.05, 0.1) is 0 Å². The van der Waals surface area contributed by atoms with E-state index in [1.54, 1.807) is 0 Å². The van der Waals surface area contributed by atoms with Crippen LogP contribution in [-0.2, 0) is 0 Å². The molecule has 4 atom stereocenters. The van der Waals surface area contributed by atoms with Gasteiger partial charge in [0, 0.05) is 19.6 Å². The van der Waals surface area contributed by atoms with Gasteiger partial charge in [-0.15, -0.1) is 0 Å². The molecular weight excluding hydrogens is 280 g/mol. The summed E-state index contributed by atoms with van der Waals surface area (Å²) in [6.07, 6.45) is 10.2. The van der Waals surface area contributed by atoms with Crippen molar-refractivity contribution in [3.8, 4) is 0 Å². The van der Waals surface area contributed by atoms with E-state index >= 15 is 0 Å². The molecule has 0 N–H and O–H groups in total. The SMILES string of the molecule is CCC(C)CC1CC(CN2CC3(CCN(C)CC3)C2)CC1CC. The Hall–Kier alpha value is -0.0800. The van der Waals surface area contributed by atoms with E-state index in [2.05, 4.69) is 37.6 Å². The number of nitrogens with zero attached hydrogens (tertiary/aromatic N) is 2. The third-order valence-corrected chi connectivity index (χ3v) is 7.55. The van der Waals surface area contributed by atoms with Crippen LogP contribution >= 0.6 is 0 Å². The maximum absolute atomic E-state index is 2.80. The molecule has 2 aliphatic heterocycles. The smallest absolute Gasteiger partial charge is 0.00516 e. The highest BCUT2D eigenvalue weighted by atomic mass is 15.2. The minimum absolute atomic E-state index is 0.714. The van der Waals surface area contributed by atoms with Crippen LogP contribution in [0.5, 0.6) is 0 Å². The van der Waals surface area contributed by atoms with Crippen LogP contribution in [-0.4, -0.2) is 49.6 Å². The van der Waals surface area contributed by atoms with Crippen LogP contribution in [0.1, 0.15) is 65.7 Å². The van der Waals surface area contributed by atoms with Crippen molar-refractivity contribution >= 4 is 0 Å². The molecule has 0 aromatic carbocycles. The zero-order valence-electron chi connectivity index (χ0n) is 16.2. The van der Waals surface area contributed by atoms with E-state index < -0.39 is 0 Å². The van der Waals surface area contributed by atoms with Gasteiger partial charge in [-0.1, -0.05) is 33.6 Å². The first-order chi connectivity index (χ1) is 11.0. The molecule has 2 heteroatoms. The second-order valence-corrected chi connectivity index (χ2v) is 9.49. The zero-order valence-corrected chi connectivity index (χ0v) is 16.2. The van der Waals surface area contributed by atoms with E-state index in [4.69, 9.17) is 0 Å². The summed E-state index contributed by atoms with van der Waals surface area (Å²) in [7, 11) is 2.28. The Balaban J connectivity index is 1.43. The Morgan fingerprint density at radius 2 is 1.70 bits per heavy atom. The van der Waals surface area contributed by atoms with Gasteiger partial charge in [0.1, 0.15) is 0 Å². The Bertz CT molecular complexity index is 364. The van der Waals surface area contributed by atoms with Crippen LogP contribution in [0, 0.1) is 29.1 Å². The number of likely N-dealkylation sites (tertiary alicyclic amines) is 2. The van der Waals surface area contributed by atoms with E-state index in [0.717, 1.165) is 23.7 Å². The molecule has 3 aliphatic rings. The minimum Gasteiger partial charge on any atom is -0.306 e. The molecule has 3 rings (SSSR count).